The van der Waals surface area contributed by atoms with Gasteiger partial charge in [0.05, 0.1) is 33.0 Å². The van der Waals surface area contributed by atoms with E-state index in [1.807, 2.05) is 91.3 Å². The highest BCUT2D eigenvalue weighted by molar-refractivity contribution is 7.99. The maximum absolute atomic E-state index is 14.4. The molecule has 1 saturated carbocycles. The minimum absolute atomic E-state index is 0.121. The molecular formula is C57H65ClF3N7O7S3. The number of halogens is 4. The predicted molar refractivity (Wildman–Crippen MR) is 304 cm³/mol. The van der Waals surface area contributed by atoms with E-state index in [9.17, 15) is 45.0 Å². The Bertz CT molecular complexity index is 3340. The van der Waals surface area contributed by atoms with E-state index in [1.54, 1.807) is 38.1 Å². The second kappa shape index (κ2) is 22.8. The molecule has 1 aliphatic carbocycles. The highest BCUT2D eigenvalue weighted by atomic mass is 35.5. The van der Waals surface area contributed by atoms with Crippen molar-refractivity contribution in [2.75, 3.05) is 71.4 Å². The van der Waals surface area contributed by atoms with Crippen LogP contribution in [0.5, 0.6) is 0 Å². The van der Waals surface area contributed by atoms with Crippen molar-refractivity contribution in [3.05, 3.63) is 138 Å². The lowest BCUT2D eigenvalue weighted by Crippen LogP contribution is -2.53. The van der Waals surface area contributed by atoms with Crippen LogP contribution in [0.3, 0.4) is 0 Å². The molecule has 5 N–H and O–H groups in total. The molecule has 3 fully saturated rings. The number of sulfonamides is 1. The van der Waals surface area contributed by atoms with E-state index < -0.39 is 52.4 Å². The molecule has 0 bridgehead atoms. The number of nitrogens with one attached hydrogen (secondary N) is 3. The van der Waals surface area contributed by atoms with Gasteiger partial charge in [0.2, 0.25) is 0 Å². The number of hydrogen-bond acceptors (Lipinski definition) is 12. The lowest BCUT2D eigenvalue weighted by atomic mass is 9.77. The minimum atomic E-state index is -6.04. The molecule has 9 rings (SSSR count). The zero-order valence-electron chi connectivity index (χ0n) is 43.9. The number of rotatable bonds is 18. The number of hydrogen-bond donors (Lipinski definition) is 5. The quantitative estimate of drug-likeness (QED) is 0.0516. The van der Waals surface area contributed by atoms with Gasteiger partial charge in [0.15, 0.2) is 0 Å². The van der Waals surface area contributed by atoms with Crippen LogP contribution in [0.2, 0.25) is 5.02 Å². The van der Waals surface area contributed by atoms with Crippen LogP contribution in [0.4, 0.5) is 35.9 Å². The number of likely N-dealkylation sites (tertiary alicyclic amines) is 1. The Labute approximate surface area is 464 Å². The van der Waals surface area contributed by atoms with Crippen LogP contribution in [0.15, 0.2) is 136 Å². The van der Waals surface area contributed by atoms with E-state index in [-0.39, 0.29) is 23.3 Å². The number of sulfone groups is 1. The first-order chi connectivity index (χ1) is 36.9. The lowest BCUT2D eigenvalue weighted by molar-refractivity contribution is -0.0436. The molecule has 3 heterocycles. The molecule has 6 aromatic rings. The van der Waals surface area contributed by atoms with E-state index in [0.29, 0.717) is 100 Å². The van der Waals surface area contributed by atoms with E-state index in [2.05, 4.69) is 36.1 Å². The lowest BCUT2D eigenvalue weighted by Gasteiger charge is -2.41. The van der Waals surface area contributed by atoms with Crippen molar-refractivity contribution in [2.45, 2.75) is 96.4 Å². The van der Waals surface area contributed by atoms with Gasteiger partial charge in [-0.3, -0.25) is 9.52 Å². The second-order valence-corrected chi connectivity index (χ2v) is 26.3. The van der Waals surface area contributed by atoms with Gasteiger partial charge in [-0.25, -0.2) is 16.8 Å². The topological polar surface area (TPSA) is 177 Å². The SMILES string of the molecule is Cc1c(C(=O)NC2CC(C)(O)C2)c(-c2cccc(N3CCN(c4ccc(NS(=O)(=O)c5ccc(N[C@H](CCN6CCC(C)(O)CC6)CSc6ccccc6)c(S(=O)(=O)C(F)(F)F)c5)cc4)CC3)c2)c(-c2ccc(Cl)cc2)n1C. The van der Waals surface area contributed by atoms with E-state index in [1.165, 1.54) is 11.8 Å². The fraction of sp³-hybridized carbons (Fsp3) is 0.386. The monoisotopic (exact) mass is 1150 g/mol. The summed E-state index contributed by atoms with van der Waals surface area (Å²) in [6, 6.07) is 33.7. The predicted octanol–water partition coefficient (Wildman–Crippen LogP) is 10.2. The van der Waals surface area contributed by atoms with Crippen LogP contribution in [0, 0.1) is 6.92 Å². The van der Waals surface area contributed by atoms with Crippen molar-refractivity contribution in [3.63, 3.8) is 0 Å². The van der Waals surface area contributed by atoms with E-state index in [4.69, 9.17) is 11.6 Å². The fourth-order valence-electron chi connectivity index (χ4n) is 10.6. The number of piperidine rings is 1. The van der Waals surface area contributed by atoms with Crippen molar-refractivity contribution >= 4 is 71.9 Å². The summed E-state index contributed by atoms with van der Waals surface area (Å²) < 4.78 is 102. The Morgan fingerprint density at radius 1 is 0.782 bits per heavy atom. The normalized spacial score (nSPS) is 19.5. The van der Waals surface area contributed by atoms with Gasteiger partial charge in [-0.2, -0.15) is 13.2 Å². The maximum Gasteiger partial charge on any atom is 0.501 e. The van der Waals surface area contributed by atoms with Gasteiger partial charge < -0.3 is 40.1 Å². The third-order valence-electron chi connectivity index (χ3n) is 15.1. The number of nitrogens with zero attached hydrogens (tertiary/aromatic N) is 4. The summed E-state index contributed by atoms with van der Waals surface area (Å²) in [5.74, 6) is 0.154. The number of anilines is 4. The molecule has 5 aromatic carbocycles. The van der Waals surface area contributed by atoms with Gasteiger partial charge in [0.1, 0.15) is 4.90 Å². The number of piperazine rings is 1. The summed E-state index contributed by atoms with van der Waals surface area (Å²) >= 11 is 7.76. The van der Waals surface area contributed by atoms with Crippen molar-refractivity contribution in [3.8, 4) is 22.4 Å². The van der Waals surface area contributed by atoms with Gasteiger partial charge in [-0.1, -0.05) is 54.1 Å². The number of carbonyl (C=O) groups excluding carboxylic acids is 1. The largest absolute Gasteiger partial charge is 0.501 e. The minimum Gasteiger partial charge on any atom is -0.390 e. The highest BCUT2D eigenvalue weighted by Crippen LogP contribution is 2.42. The summed E-state index contributed by atoms with van der Waals surface area (Å²) in [5.41, 5.74) is -1.03. The van der Waals surface area contributed by atoms with Crippen molar-refractivity contribution in [1.29, 1.82) is 0 Å². The molecule has 1 aromatic heterocycles. The number of amides is 1. The molecule has 2 saturated heterocycles. The third-order valence-corrected chi connectivity index (χ3v) is 19.5. The van der Waals surface area contributed by atoms with Crippen LogP contribution >= 0.6 is 23.4 Å². The molecule has 14 nitrogen and oxygen atoms in total. The smallest absolute Gasteiger partial charge is 0.390 e. The van der Waals surface area contributed by atoms with Crippen LogP contribution in [0.25, 0.3) is 22.4 Å². The summed E-state index contributed by atoms with van der Waals surface area (Å²) in [4.78, 5) is 19.7. The van der Waals surface area contributed by atoms with Crippen molar-refractivity contribution in [2.24, 2.45) is 7.05 Å². The molecule has 0 radical (unpaired) electrons. The number of thioether (sulfide) groups is 1. The molecule has 0 spiro atoms. The molecule has 416 valence electrons. The molecule has 78 heavy (non-hydrogen) atoms. The Kier molecular flexibility index (Phi) is 16.6. The van der Waals surface area contributed by atoms with Crippen LogP contribution in [-0.4, -0.2) is 123 Å². The van der Waals surface area contributed by atoms with Crippen LogP contribution in [0.1, 0.15) is 62.0 Å². The number of aliphatic hydroxyl groups is 2. The first kappa shape index (κ1) is 57.0. The molecular weight excluding hydrogens is 1080 g/mol. The number of carbonyl (C=O) groups is 1. The molecule has 3 aliphatic rings. The highest BCUT2D eigenvalue weighted by Gasteiger charge is 2.49. The molecule has 2 aliphatic heterocycles. The van der Waals surface area contributed by atoms with Gasteiger partial charge in [-0.15, -0.1) is 11.8 Å². The van der Waals surface area contributed by atoms with Gasteiger partial charge in [0.25, 0.3) is 25.8 Å². The molecule has 1 atom stereocenters. The first-order valence-corrected chi connectivity index (χ1v) is 30.3. The van der Waals surface area contributed by atoms with E-state index >= 15 is 0 Å². The zero-order chi connectivity index (χ0) is 55.8. The summed E-state index contributed by atoms with van der Waals surface area (Å²) in [5, 5.41) is 27.6. The molecule has 21 heteroatoms. The molecule has 1 amide bonds. The number of aromatic nitrogens is 1. The summed E-state index contributed by atoms with van der Waals surface area (Å²) in [7, 11) is -8.70. The summed E-state index contributed by atoms with van der Waals surface area (Å²) in [6.07, 6.45) is 2.49. The Balaban J connectivity index is 0.889. The van der Waals surface area contributed by atoms with Crippen molar-refractivity contribution in [1.82, 2.24) is 14.8 Å². The second-order valence-electron chi connectivity index (χ2n) is 21.2. The average Bonchev–Trinajstić information content (AvgIpc) is 3.77. The van der Waals surface area contributed by atoms with Crippen LogP contribution in [-0.2, 0) is 26.9 Å². The first-order valence-electron chi connectivity index (χ1n) is 25.9. The maximum atomic E-state index is 14.4. The van der Waals surface area contributed by atoms with Gasteiger partial charge in [0, 0.05) is 109 Å². The van der Waals surface area contributed by atoms with Crippen molar-refractivity contribution < 1.29 is 45.0 Å². The Hall–Kier alpha value is -5.74. The summed E-state index contributed by atoms with van der Waals surface area (Å²) in [6.45, 7) is 9.75. The zero-order valence-corrected chi connectivity index (χ0v) is 47.1. The van der Waals surface area contributed by atoms with Gasteiger partial charge >= 0.3 is 5.51 Å². The van der Waals surface area contributed by atoms with Crippen LogP contribution < -0.4 is 25.2 Å². The Morgan fingerprint density at radius 2 is 1.42 bits per heavy atom. The fourth-order valence-corrected chi connectivity index (χ4v) is 13.8. The van der Waals surface area contributed by atoms with Gasteiger partial charge in [-0.05, 0) is 143 Å². The average molecular weight is 1150 g/mol. The Morgan fingerprint density at radius 3 is 2.05 bits per heavy atom. The number of alkyl halides is 3. The van der Waals surface area contributed by atoms with E-state index in [0.717, 1.165) is 56.5 Å². The third kappa shape index (κ3) is 13.0. The standard InChI is InChI=1S/C57H65ClF3N7O7S3/c1-38-51(54(69)63-44-35-56(3,71)36-44)52(53(65(38)4)39-13-15-41(58)16-14-39)40-9-8-10-46(33-40)68-31-29-67(30-32-68)45-19-17-42(18-20-45)64-78(74,75)48-21-22-49(50(34-48)77(72,73)57(59,60)61)62-43(37-76-47-11-6-5-7-12-47)23-26-66-27-24-55(2,70)25-28-66/h5-22,33-34,43-44,62,64,70-71H,23-32,35-37H2,1-4H3,(H,63,69)/t43-,44?,56?/m1/s1. The molecule has 0 unspecified atom stereocenters. The number of benzene rings is 5.